The van der Waals surface area contributed by atoms with Gasteiger partial charge < -0.3 is 5.11 Å². The first-order chi connectivity index (χ1) is 6.53. The van der Waals surface area contributed by atoms with Crippen LogP contribution in [0.5, 0.6) is 0 Å². The molecule has 0 saturated heterocycles. The summed E-state index contributed by atoms with van der Waals surface area (Å²) in [5.41, 5.74) is 0.587. The van der Waals surface area contributed by atoms with Crippen LogP contribution in [-0.2, 0) is 0 Å². The second-order valence-electron chi connectivity index (χ2n) is 4.71. The van der Waals surface area contributed by atoms with E-state index < -0.39 is 5.60 Å². The maximum absolute atomic E-state index is 10.5. The summed E-state index contributed by atoms with van der Waals surface area (Å²) in [5.74, 6) is 1.12. The van der Waals surface area contributed by atoms with Crippen molar-refractivity contribution in [2.75, 3.05) is 0 Å². The quantitative estimate of drug-likeness (QED) is 0.669. The molecule has 1 fully saturated rings. The van der Waals surface area contributed by atoms with Gasteiger partial charge >= 0.3 is 0 Å². The third-order valence-electron chi connectivity index (χ3n) is 3.30. The fourth-order valence-corrected chi connectivity index (χ4v) is 2.96. The zero-order chi connectivity index (χ0) is 10.8. The molecule has 14 heavy (non-hydrogen) atoms. The van der Waals surface area contributed by atoms with E-state index in [1.165, 1.54) is 12.0 Å². The lowest BCUT2D eigenvalue weighted by molar-refractivity contribution is 0.0241. The third kappa shape index (κ3) is 2.09. The van der Waals surface area contributed by atoms with Gasteiger partial charge in [-0.15, -0.1) is 6.58 Å². The van der Waals surface area contributed by atoms with Crippen LogP contribution in [0.2, 0.25) is 0 Å². The zero-order valence-corrected chi connectivity index (χ0v) is 9.59. The van der Waals surface area contributed by atoms with Gasteiger partial charge in [0.1, 0.15) is 0 Å². The minimum absolute atomic E-state index is 0.508. The SMILES string of the molecule is C=CC[C@@]1(O)C[C@H](C)C[C@@H](C)/C1=C\C. The lowest BCUT2D eigenvalue weighted by atomic mass is 9.68. The summed E-state index contributed by atoms with van der Waals surface area (Å²) in [4.78, 5) is 0. The number of hydrogen-bond donors (Lipinski definition) is 1. The molecular formula is C13H22O. The second-order valence-corrected chi connectivity index (χ2v) is 4.71. The maximum Gasteiger partial charge on any atom is 0.0895 e. The van der Waals surface area contributed by atoms with E-state index in [1.807, 2.05) is 13.0 Å². The van der Waals surface area contributed by atoms with Crippen LogP contribution < -0.4 is 0 Å². The Balaban J connectivity index is 2.93. The van der Waals surface area contributed by atoms with Gasteiger partial charge in [0.15, 0.2) is 0 Å². The Morgan fingerprint density at radius 2 is 2.21 bits per heavy atom. The first kappa shape index (κ1) is 11.5. The van der Waals surface area contributed by atoms with Crippen molar-refractivity contribution >= 4 is 0 Å². The van der Waals surface area contributed by atoms with Crippen LogP contribution in [-0.4, -0.2) is 10.7 Å². The van der Waals surface area contributed by atoms with Crippen molar-refractivity contribution in [1.29, 1.82) is 0 Å². The lowest BCUT2D eigenvalue weighted by Gasteiger charge is -2.41. The van der Waals surface area contributed by atoms with Crippen LogP contribution in [0, 0.1) is 11.8 Å². The Morgan fingerprint density at radius 1 is 1.57 bits per heavy atom. The largest absolute Gasteiger partial charge is 0.385 e. The van der Waals surface area contributed by atoms with Crippen molar-refractivity contribution in [2.24, 2.45) is 11.8 Å². The van der Waals surface area contributed by atoms with Gasteiger partial charge in [0.25, 0.3) is 0 Å². The normalized spacial score (nSPS) is 41.3. The van der Waals surface area contributed by atoms with E-state index in [-0.39, 0.29) is 0 Å². The number of allylic oxidation sites excluding steroid dienone is 1. The average molecular weight is 194 g/mol. The van der Waals surface area contributed by atoms with E-state index in [9.17, 15) is 5.11 Å². The van der Waals surface area contributed by atoms with Crippen molar-refractivity contribution in [3.63, 3.8) is 0 Å². The van der Waals surface area contributed by atoms with Crippen LogP contribution in [0.4, 0.5) is 0 Å². The van der Waals surface area contributed by atoms with E-state index in [2.05, 4.69) is 26.5 Å². The Labute approximate surface area is 87.5 Å². The fraction of sp³-hybridized carbons (Fsp3) is 0.692. The van der Waals surface area contributed by atoms with Gasteiger partial charge in [0.2, 0.25) is 0 Å². The van der Waals surface area contributed by atoms with Gasteiger partial charge in [-0.1, -0.05) is 26.0 Å². The average Bonchev–Trinajstić information content (AvgIpc) is 2.02. The van der Waals surface area contributed by atoms with Crippen LogP contribution in [0.15, 0.2) is 24.3 Å². The Bertz CT molecular complexity index is 242. The van der Waals surface area contributed by atoms with Gasteiger partial charge in [-0.05, 0) is 43.6 Å². The Hall–Kier alpha value is -0.560. The van der Waals surface area contributed by atoms with Crippen molar-refractivity contribution in [2.45, 2.75) is 45.6 Å². The van der Waals surface area contributed by atoms with Crippen molar-refractivity contribution in [3.05, 3.63) is 24.3 Å². The summed E-state index contributed by atoms with van der Waals surface area (Å²) < 4.78 is 0. The van der Waals surface area contributed by atoms with Crippen molar-refractivity contribution < 1.29 is 5.11 Å². The van der Waals surface area contributed by atoms with Gasteiger partial charge in [-0.3, -0.25) is 0 Å². The number of aliphatic hydroxyl groups is 1. The van der Waals surface area contributed by atoms with E-state index >= 15 is 0 Å². The molecule has 1 N–H and O–H groups in total. The van der Waals surface area contributed by atoms with Gasteiger partial charge in [-0.2, -0.15) is 0 Å². The van der Waals surface area contributed by atoms with Crippen molar-refractivity contribution in [1.82, 2.24) is 0 Å². The molecule has 0 spiro atoms. The molecular weight excluding hydrogens is 172 g/mol. The summed E-state index contributed by atoms with van der Waals surface area (Å²) in [6, 6.07) is 0. The molecule has 0 aromatic carbocycles. The number of hydrogen-bond acceptors (Lipinski definition) is 1. The standard InChI is InChI=1S/C13H22O/c1-5-7-13(14)9-10(3)8-11(4)12(13)6-2/h5-6,10-11,14H,1,7-9H2,2-4H3/b12-6+/t10-,11-,13-/m1/s1. The fourth-order valence-electron chi connectivity index (χ4n) is 2.96. The zero-order valence-electron chi connectivity index (χ0n) is 9.59. The van der Waals surface area contributed by atoms with E-state index in [4.69, 9.17) is 0 Å². The second kappa shape index (κ2) is 4.31. The van der Waals surface area contributed by atoms with Gasteiger partial charge in [0, 0.05) is 0 Å². The maximum atomic E-state index is 10.5. The van der Waals surface area contributed by atoms with Crippen LogP contribution in [0.1, 0.15) is 40.0 Å². The number of rotatable bonds is 2. The predicted molar refractivity (Wildman–Crippen MR) is 61.1 cm³/mol. The van der Waals surface area contributed by atoms with Crippen LogP contribution in [0.25, 0.3) is 0 Å². The Morgan fingerprint density at radius 3 is 2.71 bits per heavy atom. The molecule has 0 aromatic rings. The topological polar surface area (TPSA) is 20.2 Å². The van der Waals surface area contributed by atoms with E-state index in [0.717, 1.165) is 6.42 Å². The van der Waals surface area contributed by atoms with Crippen LogP contribution in [0.3, 0.4) is 0 Å². The van der Waals surface area contributed by atoms with E-state index in [1.54, 1.807) is 0 Å². The molecule has 1 nitrogen and oxygen atoms in total. The van der Waals surface area contributed by atoms with Gasteiger partial charge in [0.05, 0.1) is 5.60 Å². The third-order valence-corrected chi connectivity index (χ3v) is 3.30. The summed E-state index contributed by atoms with van der Waals surface area (Å²) in [6.45, 7) is 10.2. The first-order valence-corrected chi connectivity index (χ1v) is 5.53. The predicted octanol–water partition coefficient (Wildman–Crippen LogP) is 3.31. The highest BCUT2D eigenvalue weighted by Crippen LogP contribution is 2.42. The molecule has 1 aliphatic rings. The smallest absolute Gasteiger partial charge is 0.0895 e. The molecule has 1 rings (SSSR count). The molecule has 0 aromatic heterocycles. The molecule has 0 unspecified atom stereocenters. The highest BCUT2D eigenvalue weighted by Gasteiger charge is 2.38. The minimum Gasteiger partial charge on any atom is -0.385 e. The molecule has 0 bridgehead atoms. The summed E-state index contributed by atoms with van der Waals surface area (Å²) >= 11 is 0. The summed E-state index contributed by atoms with van der Waals surface area (Å²) in [6.07, 6.45) is 6.66. The van der Waals surface area contributed by atoms with Crippen LogP contribution >= 0.6 is 0 Å². The highest BCUT2D eigenvalue weighted by atomic mass is 16.3. The monoisotopic (exact) mass is 194 g/mol. The molecule has 1 saturated carbocycles. The highest BCUT2D eigenvalue weighted by molar-refractivity contribution is 5.23. The minimum atomic E-state index is -0.617. The lowest BCUT2D eigenvalue weighted by Crippen LogP contribution is -2.40. The first-order valence-electron chi connectivity index (χ1n) is 5.53. The van der Waals surface area contributed by atoms with Crippen molar-refractivity contribution in [3.8, 4) is 0 Å². The molecule has 0 aliphatic heterocycles. The summed E-state index contributed by atoms with van der Waals surface area (Å²) in [5, 5.41) is 10.5. The molecule has 0 radical (unpaired) electrons. The van der Waals surface area contributed by atoms with E-state index in [0.29, 0.717) is 18.3 Å². The molecule has 1 aliphatic carbocycles. The molecule has 80 valence electrons. The molecule has 0 heterocycles. The van der Waals surface area contributed by atoms with Gasteiger partial charge in [-0.25, -0.2) is 0 Å². The molecule has 3 atom stereocenters. The Kier molecular flexibility index (Phi) is 3.54. The summed E-state index contributed by atoms with van der Waals surface area (Å²) in [7, 11) is 0. The molecule has 0 amide bonds. The molecule has 1 heteroatoms.